The number of carboxylic acid groups (broad SMARTS) is 3. The van der Waals surface area contributed by atoms with Crippen molar-refractivity contribution in [2.75, 3.05) is 31.3 Å². The number of aliphatic carboxylic acids is 3. The number of thiol groups is 2. The van der Waals surface area contributed by atoms with Gasteiger partial charge in [-0.15, -0.1) is 0 Å². The van der Waals surface area contributed by atoms with Gasteiger partial charge in [-0.2, -0.15) is 25.3 Å². The molecule has 0 bridgehead atoms. The summed E-state index contributed by atoms with van der Waals surface area (Å²) in [5, 5.41) is 48.0. The molecule has 0 aromatic rings. The number of nitrogens with two attached hydrogens (primary N) is 1. The van der Waals surface area contributed by atoms with Gasteiger partial charge in [-0.3, -0.25) is 18.9 Å². The van der Waals surface area contributed by atoms with E-state index in [1.807, 2.05) is 0 Å². The molecule has 16 heteroatoms. The fourth-order valence-electron chi connectivity index (χ4n) is 3.40. The third-order valence-electron chi connectivity index (χ3n) is 5.78. The summed E-state index contributed by atoms with van der Waals surface area (Å²) in [6.45, 7) is 4.57. The zero-order chi connectivity index (χ0) is 37.6. The zero-order valence-corrected chi connectivity index (χ0v) is 31.7. The van der Waals surface area contributed by atoms with Crippen molar-refractivity contribution in [1.82, 2.24) is 0 Å². The van der Waals surface area contributed by atoms with Gasteiger partial charge in [0.1, 0.15) is 0 Å². The predicted molar refractivity (Wildman–Crippen MR) is 197 cm³/mol. The Morgan fingerprint density at radius 1 is 0.596 bits per heavy atom. The maximum absolute atomic E-state index is 10.3. The molecule has 0 aromatic carbocycles. The smallest absolute Gasteiger partial charge is 0.314 e. The molecule has 0 spiro atoms. The Kier molecular flexibility index (Phi) is 71.2. The summed E-state index contributed by atoms with van der Waals surface area (Å²) in [4.78, 5) is 43.2. The van der Waals surface area contributed by atoms with E-state index in [0.717, 1.165) is 25.7 Å². The molecule has 0 aliphatic carbocycles. The largest absolute Gasteiger partial charge is 0.481 e. The van der Waals surface area contributed by atoms with E-state index in [0.29, 0.717) is 13.0 Å². The first-order valence-corrected chi connectivity index (χ1v) is 19.2. The van der Waals surface area contributed by atoms with Gasteiger partial charge < -0.3 is 46.2 Å². The maximum atomic E-state index is 10.3. The van der Waals surface area contributed by atoms with E-state index in [-0.39, 0.29) is 30.8 Å². The van der Waals surface area contributed by atoms with Crippen LogP contribution >= 0.6 is 33.5 Å². The third kappa shape index (κ3) is 106. The molecule has 0 saturated heterocycles. The van der Waals surface area contributed by atoms with Gasteiger partial charge in [0.25, 0.3) is 0 Å². The lowest BCUT2D eigenvalue weighted by Gasteiger charge is -2.04. The molecular formula is C31H70NO12PS2. The number of rotatable bonds is 24. The summed E-state index contributed by atoms with van der Waals surface area (Å²) in [6.07, 6.45) is 24.3. The number of aliphatic hydroxyl groups is 3. The van der Waals surface area contributed by atoms with E-state index in [2.05, 4.69) is 39.1 Å². The number of unbranched alkanes of at least 4 members (excludes halogenated alkanes) is 16. The van der Waals surface area contributed by atoms with Crippen LogP contribution in [0, 0.1) is 0 Å². The van der Waals surface area contributed by atoms with Crippen molar-refractivity contribution in [2.45, 2.75) is 148 Å². The second kappa shape index (κ2) is 57.4. The van der Waals surface area contributed by atoms with Gasteiger partial charge in [-0.05, 0) is 12.8 Å². The average molecular weight is 744 g/mol. The average Bonchev–Trinajstić information content (AvgIpc) is 3.03. The molecule has 0 aliphatic rings. The quantitative estimate of drug-likeness (QED) is 0.0330. The molecule has 0 aliphatic heterocycles. The van der Waals surface area contributed by atoms with E-state index in [1.54, 1.807) is 0 Å². The fraction of sp³-hybridized carbons (Fsp3) is 0.903. The van der Waals surface area contributed by atoms with Crippen molar-refractivity contribution < 1.29 is 59.4 Å². The Balaban J connectivity index is -0.000000128. The molecule has 288 valence electrons. The number of carbonyl (C=O) groups is 3. The van der Waals surface area contributed by atoms with Crippen LogP contribution in [0.4, 0.5) is 0 Å². The lowest BCUT2D eigenvalue weighted by molar-refractivity contribution is -0.137. The van der Waals surface area contributed by atoms with Crippen LogP contribution in [0.1, 0.15) is 142 Å². The highest BCUT2D eigenvalue weighted by molar-refractivity contribution is 7.81. The molecule has 0 saturated carbocycles. The number of hydrogen-bond donors (Lipinski definition) is 11. The Morgan fingerprint density at radius 3 is 1.06 bits per heavy atom. The zero-order valence-electron chi connectivity index (χ0n) is 28.9. The van der Waals surface area contributed by atoms with Gasteiger partial charge in [0.2, 0.25) is 0 Å². The van der Waals surface area contributed by atoms with Gasteiger partial charge >= 0.3 is 26.2 Å². The van der Waals surface area contributed by atoms with Crippen molar-refractivity contribution in [3.63, 3.8) is 0 Å². The summed E-state index contributed by atoms with van der Waals surface area (Å²) in [6, 6.07) is 0. The Bertz CT molecular complexity index is 619. The summed E-state index contributed by atoms with van der Waals surface area (Å²) >= 11 is 6.83. The van der Waals surface area contributed by atoms with Crippen LogP contribution in [0.15, 0.2) is 0 Å². The number of hydrogen-bond acceptors (Lipinski definition) is 10. The Morgan fingerprint density at radius 2 is 0.851 bits per heavy atom. The molecule has 0 heterocycles. The van der Waals surface area contributed by atoms with Crippen LogP contribution in [0.3, 0.4) is 0 Å². The summed E-state index contributed by atoms with van der Waals surface area (Å²) in [5.41, 5.74) is 5.20. The molecule has 13 nitrogen and oxygen atoms in total. The molecule has 0 aromatic heterocycles. The first kappa shape index (κ1) is 58.3. The lowest BCUT2D eigenvalue weighted by Crippen LogP contribution is -2.19. The minimum Gasteiger partial charge on any atom is -0.481 e. The monoisotopic (exact) mass is 743 g/mol. The van der Waals surface area contributed by atoms with Crippen molar-refractivity contribution in [3.8, 4) is 0 Å². The summed E-state index contributed by atoms with van der Waals surface area (Å²) in [7, 11) is -3.13. The van der Waals surface area contributed by atoms with Gasteiger partial charge in [0, 0.05) is 13.0 Å². The van der Waals surface area contributed by atoms with Gasteiger partial charge in [-0.25, -0.2) is 0 Å². The van der Waals surface area contributed by atoms with Gasteiger partial charge in [-0.1, -0.05) is 123 Å². The third-order valence-corrected chi connectivity index (χ3v) is 6.32. The highest BCUT2D eigenvalue weighted by Gasteiger charge is 1.98. The van der Waals surface area contributed by atoms with E-state index >= 15 is 0 Å². The van der Waals surface area contributed by atoms with Crippen molar-refractivity contribution in [2.24, 2.45) is 5.73 Å². The van der Waals surface area contributed by atoms with Gasteiger partial charge in [0.15, 0.2) is 0 Å². The molecule has 0 rings (SSSR count). The van der Waals surface area contributed by atoms with E-state index in [4.69, 9.17) is 50.7 Å². The van der Waals surface area contributed by atoms with Crippen molar-refractivity contribution in [1.29, 1.82) is 0 Å². The minimum absolute atomic E-state index is 0.0833. The molecule has 47 heavy (non-hydrogen) atoms. The molecule has 1 unspecified atom stereocenters. The van der Waals surface area contributed by atoms with Crippen molar-refractivity contribution >= 4 is 51.4 Å². The standard InChI is InChI=1S/C18H36O2.C7H17NO.2C2H4O2S.C2H6O2.H3O3P/c1-2-3-4-5-6-7-8-9-10-11-12-13-14-15-16-17-18(19)20;1-2-3-4-5-7(9)6-8;2*3-2(4)1-5;3-1-2-4;1-4(2)3/h2-17H2,1H3,(H,19,20);7,9H,2-6,8H2,1H3;2*5H,1H2,(H,3,4);3-4H,1-2H2;4H,(H2,1,2,3). The van der Waals surface area contributed by atoms with Crippen LogP contribution in [0.5, 0.6) is 0 Å². The van der Waals surface area contributed by atoms with Crippen LogP contribution < -0.4 is 5.73 Å². The normalized spacial score (nSPS) is 10.2. The number of aliphatic hydroxyl groups excluding tert-OH is 3. The number of carboxylic acids is 3. The molecule has 10 N–H and O–H groups in total. The molecule has 0 radical (unpaired) electrons. The molecule has 0 amide bonds. The molecule has 0 fully saturated rings. The van der Waals surface area contributed by atoms with Crippen LogP contribution in [0.2, 0.25) is 0 Å². The SMILES string of the molecule is CCCCCC(O)CN.CCCCCCCCCCCCCCCCCC(=O)O.O=C(O)CS.O=C(O)CS.O=[PH](O)O.OCCO. The van der Waals surface area contributed by atoms with Crippen LogP contribution in [0.25, 0.3) is 0 Å². The second-order valence-electron chi connectivity index (χ2n) is 10.3. The predicted octanol–water partition coefficient (Wildman–Crippen LogP) is 5.55. The second-order valence-corrected chi connectivity index (χ2v) is 11.5. The topological polar surface area (TPSA) is 256 Å². The highest BCUT2D eigenvalue weighted by Crippen LogP contribution is 2.13. The van der Waals surface area contributed by atoms with E-state index in [9.17, 15) is 14.4 Å². The van der Waals surface area contributed by atoms with E-state index < -0.39 is 26.2 Å². The Hall–Kier alpha value is -0.900. The molecular weight excluding hydrogens is 673 g/mol. The summed E-state index contributed by atoms with van der Waals surface area (Å²) < 4.78 is 8.74. The summed E-state index contributed by atoms with van der Waals surface area (Å²) in [5.74, 6) is -2.58. The van der Waals surface area contributed by atoms with Crippen LogP contribution in [-0.2, 0) is 18.9 Å². The van der Waals surface area contributed by atoms with Crippen molar-refractivity contribution in [3.05, 3.63) is 0 Å². The first-order valence-electron chi connectivity index (χ1n) is 16.7. The maximum Gasteiger partial charge on any atom is 0.314 e. The lowest BCUT2D eigenvalue weighted by atomic mass is 10.0. The van der Waals surface area contributed by atoms with Gasteiger partial charge in [0.05, 0.1) is 30.8 Å². The molecule has 1 atom stereocenters. The fourth-order valence-corrected chi connectivity index (χ4v) is 3.40. The Labute approximate surface area is 295 Å². The van der Waals surface area contributed by atoms with E-state index in [1.165, 1.54) is 96.3 Å². The highest BCUT2D eigenvalue weighted by atomic mass is 32.1. The first-order chi connectivity index (χ1) is 22.3. The minimum atomic E-state index is -3.13. The van der Waals surface area contributed by atoms with Crippen LogP contribution in [-0.4, -0.2) is 95.7 Å².